The van der Waals surface area contributed by atoms with Gasteiger partial charge in [0, 0.05) is 17.4 Å². The van der Waals surface area contributed by atoms with Crippen LogP contribution in [0, 0.1) is 13.8 Å². The lowest BCUT2D eigenvalue weighted by Gasteiger charge is -2.10. The molecule has 0 radical (unpaired) electrons. The van der Waals surface area contributed by atoms with Crippen molar-refractivity contribution in [3.63, 3.8) is 0 Å². The van der Waals surface area contributed by atoms with Crippen molar-refractivity contribution in [3.05, 3.63) is 22.4 Å². The first-order valence-corrected chi connectivity index (χ1v) is 7.17. The van der Waals surface area contributed by atoms with Gasteiger partial charge in [0.05, 0.1) is 5.69 Å². The van der Waals surface area contributed by atoms with E-state index in [-0.39, 0.29) is 0 Å². The molecule has 1 fully saturated rings. The summed E-state index contributed by atoms with van der Waals surface area (Å²) in [5, 5.41) is 8.93. The van der Waals surface area contributed by atoms with E-state index in [0.29, 0.717) is 16.7 Å². The summed E-state index contributed by atoms with van der Waals surface area (Å²) in [6.45, 7) is 4.01. The van der Waals surface area contributed by atoms with E-state index in [0.717, 1.165) is 23.0 Å². The van der Waals surface area contributed by atoms with Crippen LogP contribution >= 0.6 is 23.4 Å². The molecule has 2 aromatic rings. The van der Waals surface area contributed by atoms with Gasteiger partial charge < -0.3 is 0 Å². The molecule has 1 saturated heterocycles. The van der Waals surface area contributed by atoms with E-state index in [9.17, 15) is 0 Å². The van der Waals surface area contributed by atoms with Gasteiger partial charge in [0.25, 0.3) is 0 Å². The first-order valence-electron chi connectivity index (χ1n) is 5.64. The topological polar surface area (TPSA) is 43.1 Å². The highest BCUT2D eigenvalue weighted by Crippen LogP contribution is 2.32. The summed E-state index contributed by atoms with van der Waals surface area (Å²) in [5.41, 5.74) is 2.71. The van der Waals surface area contributed by atoms with Crippen molar-refractivity contribution in [2.45, 2.75) is 26.2 Å². The summed E-state index contributed by atoms with van der Waals surface area (Å²) in [5.74, 6) is 3.86. The van der Waals surface area contributed by atoms with Crippen molar-refractivity contribution in [3.8, 4) is 0 Å². The van der Waals surface area contributed by atoms with Gasteiger partial charge in [0.2, 0.25) is 0 Å². The van der Waals surface area contributed by atoms with E-state index in [1.807, 2.05) is 25.6 Å². The molecule has 6 heteroatoms. The Morgan fingerprint density at radius 1 is 1.35 bits per heavy atom. The Kier molecular flexibility index (Phi) is 2.75. The van der Waals surface area contributed by atoms with Crippen LogP contribution in [-0.2, 0) is 0 Å². The van der Waals surface area contributed by atoms with E-state index >= 15 is 0 Å². The monoisotopic (exact) mass is 268 g/mol. The van der Waals surface area contributed by atoms with Gasteiger partial charge in [-0.15, -0.1) is 10.2 Å². The number of nitrogens with zero attached hydrogens (tertiary/aromatic N) is 4. The molecule has 0 amide bonds. The number of aromatic nitrogens is 4. The molecule has 0 N–H and O–H groups in total. The molecule has 0 saturated carbocycles. The fourth-order valence-electron chi connectivity index (χ4n) is 2.20. The minimum atomic E-state index is 0.442. The average molecular weight is 269 g/mol. The highest BCUT2D eigenvalue weighted by molar-refractivity contribution is 7.99. The summed E-state index contributed by atoms with van der Waals surface area (Å²) in [6.07, 6.45) is 1.17. The number of fused-ring (bicyclic) bond motifs is 1. The smallest absolute Gasteiger partial charge is 0.198 e. The van der Waals surface area contributed by atoms with Gasteiger partial charge in [-0.05, 0) is 26.0 Å². The van der Waals surface area contributed by atoms with E-state index in [2.05, 4.69) is 19.6 Å². The standard InChI is InChI=1S/C11H13ClN4S/c1-6-7(2)16-10(8-3-4-17-5-8)14-15-11(16)9(12)13-6/h8H,3-5H2,1-2H3. The molecule has 1 atom stereocenters. The van der Waals surface area contributed by atoms with Crippen LogP contribution in [0.1, 0.15) is 29.6 Å². The van der Waals surface area contributed by atoms with Crippen molar-refractivity contribution in [1.29, 1.82) is 0 Å². The maximum Gasteiger partial charge on any atom is 0.198 e. The second-order valence-electron chi connectivity index (χ2n) is 4.35. The average Bonchev–Trinajstić information content (AvgIpc) is 2.94. The molecule has 4 nitrogen and oxygen atoms in total. The molecule has 0 spiro atoms. The lowest BCUT2D eigenvalue weighted by Crippen LogP contribution is -2.07. The molecule has 0 aliphatic carbocycles. The number of hydrogen-bond acceptors (Lipinski definition) is 4. The maximum absolute atomic E-state index is 6.11. The number of thioether (sulfide) groups is 1. The normalized spacial score (nSPS) is 20.3. The minimum absolute atomic E-state index is 0.442. The molecule has 0 aromatic carbocycles. The fourth-order valence-corrected chi connectivity index (χ4v) is 3.67. The van der Waals surface area contributed by atoms with Gasteiger partial charge in [-0.2, -0.15) is 11.8 Å². The fraction of sp³-hybridized carbons (Fsp3) is 0.545. The summed E-state index contributed by atoms with van der Waals surface area (Å²) >= 11 is 8.09. The second-order valence-corrected chi connectivity index (χ2v) is 5.86. The van der Waals surface area contributed by atoms with Gasteiger partial charge in [0.15, 0.2) is 10.8 Å². The van der Waals surface area contributed by atoms with Gasteiger partial charge in [-0.1, -0.05) is 11.6 Å². The number of aryl methyl sites for hydroxylation is 2. The first kappa shape index (κ1) is 11.3. The van der Waals surface area contributed by atoms with E-state index < -0.39 is 0 Å². The minimum Gasteiger partial charge on any atom is -0.279 e. The van der Waals surface area contributed by atoms with Crippen molar-refractivity contribution < 1.29 is 0 Å². The summed E-state index contributed by atoms with van der Waals surface area (Å²) in [7, 11) is 0. The molecule has 3 rings (SSSR count). The Bertz CT molecular complexity index is 574. The SMILES string of the molecule is Cc1nc(Cl)c2nnc(C3CCSC3)n2c1C. The highest BCUT2D eigenvalue weighted by Gasteiger charge is 2.24. The van der Waals surface area contributed by atoms with Crippen LogP contribution in [0.25, 0.3) is 5.65 Å². The summed E-state index contributed by atoms with van der Waals surface area (Å²) in [4.78, 5) is 4.28. The maximum atomic E-state index is 6.11. The molecular weight excluding hydrogens is 256 g/mol. The van der Waals surface area contributed by atoms with Gasteiger partial charge in [-0.3, -0.25) is 4.40 Å². The molecule has 1 aliphatic rings. The van der Waals surface area contributed by atoms with Gasteiger partial charge in [-0.25, -0.2) is 4.98 Å². The molecule has 1 unspecified atom stereocenters. The lowest BCUT2D eigenvalue weighted by molar-refractivity contribution is 0.698. The van der Waals surface area contributed by atoms with Crippen molar-refractivity contribution in [2.75, 3.05) is 11.5 Å². The van der Waals surface area contributed by atoms with Crippen LogP contribution in [0.2, 0.25) is 5.15 Å². The van der Waals surface area contributed by atoms with Crippen LogP contribution in [0.3, 0.4) is 0 Å². The van der Waals surface area contributed by atoms with Crippen LogP contribution in [0.5, 0.6) is 0 Å². The van der Waals surface area contributed by atoms with Crippen LogP contribution in [0.4, 0.5) is 0 Å². The van der Waals surface area contributed by atoms with E-state index in [1.54, 1.807) is 0 Å². The van der Waals surface area contributed by atoms with E-state index in [1.165, 1.54) is 12.2 Å². The van der Waals surface area contributed by atoms with Crippen LogP contribution in [0.15, 0.2) is 0 Å². The Labute approximate surface area is 109 Å². The predicted octanol–water partition coefficient (Wildman–Crippen LogP) is 2.62. The molecule has 17 heavy (non-hydrogen) atoms. The zero-order valence-electron chi connectivity index (χ0n) is 9.77. The highest BCUT2D eigenvalue weighted by atomic mass is 35.5. The Morgan fingerprint density at radius 3 is 2.88 bits per heavy atom. The van der Waals surface area contributed by atoms with Crippen LogP contribution in [-0.4, -0.2) is 31.1 Å². The number of rotatable bonds is 1. The van der Waals surface area contributed by atoms with Crippen molar-refractivity contribution in [1.82, 2.24) is 19.6 Å². The molecule has 2 aromatic heterocycles. The third kappa shape index (κ3) is 1.72. The quantitative estimate of drug-likeness (QED) is 0.797. The Hall–Kier alpha value is -0.810. The molecule has 0 bridgehead atoms. The number of halogens is 1. The first-order chi connectivity index (χ1) is 8.18. The summed E-state index contributed by atoms with van der Waals surface area (Å²) < 4.78 is 2.07. The van der Waals surface area contributed by atoms with Gasteiger partial charge in [0.1, 0.15) is 5.82 Å². The lowest BCUT2D eigenvalue weighted by atomic mass is 10.1. The third-order valence-electron chi connectivity index (χ3n) is 3.29. The zero-order chi connectivity index (χ0) is 12.0. The van der Waals surface area contributed by atoms with E-state index in [4.69, 9.17) is 11.6 Å². The Morgan fingerprint density at radius 2 is 2.18 bits per heavy atom. The van der Waals surface area contributed by atoms with Crippen molar-refractivity contribution in [2.24, 2.45) is 0 Å². The Balaban J connectivity index is 2.26. The predicted molar refractivity (Wildman–Crippen MR) is 69.9 cm³/mol. The molecular formula is C11H13ClN4S. The summed E-state index contributed by atoms with van der Waals surface area (Å²) in [6, 6.07) is 0. The second kappa shape index (κ2) is 4.14. The third-order valence-corrected chi connectivity index (χ3v) is 4.71. The molecule has 90 valence electrons. The van der Waals surface area contributed by atoms with Gasteiger partial charge >= 0.3 is 0 Å². The number of hydrogen-bond donors (Lipinski definition) is 0. The molecule has 1 aliphatic heterocycles. The zero-order valence-corrected chi connectivity index (χ0v) is 11.3. The van der Waals surface area contributed by atoms with Crippen molar-refractivity contribution >= 4 is 29.0 Å². The van der Waals surface area contributed by atoms with Crippen LogP contribution < -0.4 is 0 Å². The molecule has 3 heterocycles. The largest absolute Gasteiger partial charge is 0.279 e.